The Kier molecular flexibility index (Phi) is 5.33. The van der Waals surface area contributed by atoms with E-state index in [2.05, 4.69) is 33.0 Å². The van der Waals surface area contributed by atoms with Gasteiger partial charge in [0.2, 0.25) is 0 Å². The summed E-state index contributed by atoms with van der Waals surface area (Å²) in [6.07, 6.45) is 0. The van der Waals surface area contributed by atoms with Crippen molar-refractivity contribution >= 4 is 17.2 Å². The summed E-state index contributed by atoms with van der Waals surface area (Å²) in [5.74, 6) is 2.35. The number of benzene rings is 1. The van der Waals surface area contributed by atoms with E-state index >= 15 is 0 Å². The molecule has 1 amide bonds. The van der Waals surface area contributed by atoms with Crippen LogP contribution in [0.1, 0.15) is 37.4 Å². The largest absolute Gasteiger partial charge is 0.486 e. The van der Waals surface area contributed by atoms with Crippen LogP contribution in [0.4, 0.5) is 0 Å². The van der Waals surface area contributed by atoms with Crippen LogP contribution in [0.2, 0.25) is 0 Å². The first-order valence-corrected chi connectivity index (χ1v) is 9.58. The first-order valence-electron chi connectivity index (χ1n) is 8.76. The molecule has 0 fully saturated rings. The molecule has 134 valence electrons. The van der Waals surface area contributed by atoms with E-state index < -0.39 is 0 Å². The summed E-state index contributed by atoms with van der Waals surface area (Å²) >= 11 is 1.50. The fourth-order valence-corrected chi connectivity index (χ4v) is 4.04. The molecular formula is C20H25NO3S. The van der Waals surface area contributed by atoms with Crippen molar-refractivity contribution in [2.75, 3.05) is 13.2 Å². The van der Waals surface area contributed by atoms with Crippen molar-refractivity contribution in [3.8, 4) is 21.9 Å². The molecule has 0 aliphatic carbocycles. The zero-order valence-corrected chi connectivity index (χ0v) is 16.0. The van der Waals surface area contributed by atoms with Crippen molar-refractivity contribution in [2.45, 2.75) is 33.7 Å². The summed E-state index contributed by atoms with van der Waals surface area (Å²) in [6.45, 7) is 9.71. The molecule has 1 N–H and O–H groups in total. The third-order valence-corrected chi connectivity index (χ3v) is 5.52. The van der Waals surface area contributed by atoms with E-state index in [1.165, 1.54) is 11.3 Å². The second-order valence-corrected chi connectivity index (χ2v) is 8.09. The average Bonchev–Trinajstić information content (AvgIpc) is 3.08. The molecule has 1 aliphatic rings. The number of nitrogens with one attached hydrogen (secondary N) is 1. The van der Waals surface area contributed by atoms with Crippen LogP contribution in [-0.2, 0) is 0 Å². The fraction of sp³-hybridized carbons (Fsp3) is 0.450. The summed E-state index contributed by atoms with van der Waals surface area (Å²) in [6, 6.07) is 9.97. The molecule has 2 aromatic rings. The Morgan fingerprint density at radius 1 is 1.00 bits per heavy atom. The highest BCUT2D eigenvalue weighted by Gasteiger charge is 2.21. The highest BCUT2D eigenvalue weighted by atomic mass is 32.1. The lowest BCUT2D eigenvalue weighted by atomic mass is 9.93. The number of fused-ring (bicyclic) bond motifs is 1. The molecule has 3 rings (SSSR count). The van der Waals surface area contributed by atoms with Gasteiger partial charge in [-0.2, -0.15) is 0 Å². The maximum absolute atomic E-state index is 12.6. The lowest BCUT2D eigenvalue weighted by Crippen LogP contribution is -2.41. The van der Waals surface area contributed by atoms with Gasteiger partial charge in [0.05, 0.1) is 4.88 Å². The Hall–Kier alpha value is -2.01. The molecule has 2 heterocycles. The minimum absolute atomic E-state index is 0.00110. The monoisotopic (exact) mass is 359 g/mol. The zero-order chi connectivity index (χ0) is 18.0. The molecule has 0 unspecified atom stereocenters. The molecule has 0 atom stereocenters. The average molecular weight is 359 g/mol. The maximum Gasteiger partial charge on any atom is 0.261 e. The van der Waals surface area contributed by atoms with Crippen LogP contribution < -0.4 is 14.8 Å². The molecule has 0 spiro atoms. The number of ether oxygens (including phenoxy) is 2. The number of carbonyl (C=O) groups excluding carboxylic acids is 1. The molecule has 25 heavy (non-hydrogen) atoms. The molecule has 0 bridgehead atoms. The van der Waals surface area contributed by atoms with Crippen molar-refractivity contribution in [3.05, 3.63) is 35.2 Å². The summed E-state index contributed by atoms with van der Waals surface area (Å²) in [7, 11) is 0. The van der Waals surface area contributed by atoms with Crippen molar-refractivity contribution in [3.63, 3.8) is 0 Å². The lowest BCUT2D eigenvalue weighted by Gasteiger charge is -2.25. The Bertz CT molecular complexity index is 743. The second kappa shape index (κ2) is 7.48. The van der Waals surface area contributed by atoms with E-state index in [1.807, 2.05) is 30.3 Å². The minimum Gasteiger partial charge on any atom is -0.486 e. The van der Waals surface area contributed by atoms with E-state index in [9.17, 15) is 4.79 Å². The van der Waals surface area contributed by atoms with Crippen LogP contribution in [0.3, 0.4) is 0 Å². The minimum atomic E-state index is 0.00110. The van der Waals surface area contributed by atoms with Gasteiger partial charge in [0.1, 0.15) is 13.2 Å². The van der Waals surface area contributed by atoms with Crippen LogP contribution in [0.25, 0.3) is 10.4 Å². The standard InChI is InChI=1S/C20H25NO3S/c1-12(2)19(13(3)4)21-20(22)18-8-7-17(25-18)14-5-6-15-16(11-14)24-10-9-23-15/h5-8,11-13,19H,9-10H2,1-4H3,(H,21,22). The smallest absolute Gasteiger partial charge is 0.261 e. The molecule has 1 aliphatic heterocycles. The lowest BCUT2D eigenvalue weighted by molar-refractivity contribution is 0.0914. The number of hydrogen-bond acceptors (Lipinski definition) is 4. The van der Waals surface area contributed by atoms with Gasteiger partial charge in [-0.15, -0.1) is 11.3 Å². The fourth-order valence-electron chi connectivity index (χ4n) is 3.14. The van der Waals surface area contributed by atoms with Gasteiger partial charge < -0.3 is 14.8 Å². The van der Waals surface area contributed by atoms with Gasteiger partial charge in [0.15, 0.2) is 11.5 Å². The van der Waals surface area contributed by atoms with Gasteiger partial charge >= 0.3 is 0 Å². The molecule has 0 saturated heterocycles. The summed E-state index contributed by atoms with van der Waals surface area (Å²) in [4.78, 5) is 14.4. The normalized spacial score (nSPS) is 13.6. The SMILES string of the molecule is CC(C)C(NC(=O)c1ccc(-c2ccc3c(c2)OCCO3)s1)C(C)C. The molecule has 4 nitrogen and oxygen atoms in total. The first-order chi connectivity index (χ1) is 12.0. The predicted molar refractivity (Wildman–Crippen MR) is 102 cm³/mol. The van der Waals surface area contributed by atoms with Gasteiger partial charge in [-0.25, -0.2) is 0 Å². The molecule has 0 saturated carbocycles. The molecule has 1 aromatic carbocycles. The molecule has 0 radical (unpaired) electrons. The Labute approximate surface area is 153 Å². The summed E-state index contributed by atoms with van der Waals surface area (Å²) in [5, 5.41) is 3.17. The first kappa shape index (κ1) is 17.8. The van der Waals surface area contributed by atoms with Gasteiger partial charge in [0, 0.05) is 10.9 Å². The third-order valence-electron chi connectivity index (χ3n) is 4.39. The van der Waals surface area contributed by atoms with Gasteiger partial charge in [-0.3, -0.25) is 4.79 Å². The maximum atomic E-state index is 12.6. The van der Waals surface area contributed by atoms with Gasteiger partial charge in [-0.1, -0.05) is 27.7 Å². The van der Waals surface area contributed by atoms with Crippen LogP contribution in [-0.4, -0.2) is 25.2 Å². The van der Waals surface area contributed by atoms with Gasteiger partial charge in [-0.05, 0) is 47.7 Å². The number of rotatable bonds is 5. The zero-order valence-electron chi connectivity index (χ0n) is 15.2. The van der Waals surface area contributed by atoms with Crippen LogP contribution in [0.5, 0.6) is 11.5 Å². The summed E-state index contributed by atoms with van der Waals surface area (Å²) in [5.41, 5.74) is 1.04. The van der Waals surface area contributed by atoms with E-state index in [4.69, 9.17) is 9.47 Å². The van der Waals surface area contributed by atoms with Crippen molar-refractivity contribution < 1.29 is 14.3 Å². The Morgan fingerprint density at radius 2 is 1.68 bits per heavy atom. The molecule has 1 aromatic heterocycles. The van der Waals surface area contributed by atoms with Crippen LogP contribution in [0.15, 0.2) is 30.3 Å². The van der Waals surface area contributed by atoms with E-state index in [0.717, 1.165) is 26.8 Å². The van der Waals surface area contributed by atoms with E-state index in [0.29, 0.717) is 25.0 Å². The number of amides is 1. The number of hydrogen-bond donors (Lipinski definition) is 1. The van der Waals surface area contributed by atoms with Crippen molar-refractivity contribution in [1.29, 1.82) is 0 Å². The number of thiophene rings is 1. The van der Waals surface area contributed by atoms with Crippen molar-refractivity contribution in [2.24, 2.45) is 11.8 Å². The highest BCUT2D eigenvalue weighted by molar-refractivity contribution is 7.17. The van der Waals surface area contributed by atoms with Gasteiger partial charge in [0.25, 0.3) is 5.91 Å². The van der Waals surface area contributed by atoms with Crippen molar-refractivity contribution in [1.82, 2.24) is 5.32 Å². The number of carbonyl (C=O) groups is 1. The molecule has 5 heteroatoms. The quantitative estimate of drug-likeness (QED) is 0.849. The Morgan fingerprint density at radius 3 is 2.36 bits per heavy atom. The van der Waals surface area contributed by atoms with Crippen LogP contribution >= 0.6 is 11.3 Å². The van der Waals surface area contributed by atoms with E-state index in [1.54, 1.807) is 0 Å². The highest BCUT2D eigenvalue weighted by Crippen LogP contribution is 2.36. The topological polar surface area (TPSA) is 47.6 Å². The second-order valence-electron chi connectivity index (χ2n) is 7.01. The Balaban J connectivity index is 1.77. The third kappa shape index (κ3) is 3.98. The van der Waals surface area contributed by atoms with Crippen LogP contribution in [0, 0.1) is 11.8 Å². The summed E-state index contributed by atoms with van der Waals surface area (Å²) < 4.78 is 11.2. The predicted octanol–water partition coefficient (Wildman–Crippen LogP) is 4.60. The molecular weight excluding hydrogens is 334 g/mol. The van der Waals surface area contributed by atoms with E-state index in [-0.39, 0.29) is 11.9 Å².